The minimum atomic E-state index is -4.38. The molecule has 0 radical (unpaired) electrons. The second-order valence-electron chi connectivity index (χ2n) is 3.45. The van der Waals surface area contributed by atoms with Gasteiger partial charge in [-0.1, -0.05) is 6.07 Å². The first kappa shape index (κ1) is 9.45. The summed E-state index contributed by atoms with van der Waals surface area (Å²) < 4.78 is 37.4. The number of aromatic nitrogens is 1. The maximum absolute atomic E-state index is 12.5. The molecule has 1 saturated carbocycles. The molecule has 5 heteroatoms. The van der Waals surface area contributed by atoms with Crippen molar-refractivity contribution in [1.29, 1.82) is 0 Å². The van der Waals surface area contributed by atoms with Crippen molar-refractivity contribution in [3.8, 4) is 0 Å². The van der Waals surface area contributed by atoms with E-state index in [1.165, 1.54) is 12.1 Å². The van der Waals surface area contributed by atoms with E-state index in [9.17, 15) is 13.2 Å². The molecule has 1 heterocycles. The number of halogens is 3. The normalized spacial score (nSPS) is 26.3. The van der Waals surface area contributed by atoms with Crippen LogP contribution in [0.25, 0.3) is 0 Å². The molecule has 0 unspecified atom stereocenters. The van der Waals surface area contributed by atoms with Crippen LogP contribution in [0.2, 0.25) is 0 Å². The molecule has 2 rings (SSSR count). The highest BCUT2D eigenvalue weighted by Gasteiger charge is 2.43. The Balaban J connectivity index is 2.39. The van der Waals surface area contributed by atoms with E-state index in [2.05, 4.69) is 4.98 Å². The molecular weight excluding hydrogens is 193 g/mol. The van der Waals surface area contributed by atoms with E-state index >= 15 is 0 Å². The molecular formula is C9H9F3N2. The van der Waals surface area contributed by atoms with Crippen LogP contribution in [0.1, 0.15) is 23.6 Å². The summed E-state index contributed by atoms with van der Waals surface area (Å²) in [7, 11) is 0. The lowest BCUT2D eigenvalue weighted by molar-refractivity contribution is -0.141. The maximum atomic E-state index is 12.5. The summed E-state index contributed by atoms with van der Waals surface area (Å²) in [6.45, 7) is 0. The van der Waals surface area contributed by atoms with E-state index in [0.29, 0.717) is 6.42 Å². The van der Waals surface area contributed by atoms with Crippen LogP contribution < -0.4 is 5.73 Å². The molecule has 2 N–H and O–H groups in total. The van der Waals surface area contributed by atoms with Gasteiger partial charge in [-0.05, 0) is 18.1 Å². The molecule has 76 valence electrons. The van der Waals surface area contributed by atoms with Gasteiger partial charge in [0.15, 0.2) is 0 Å². The maximum Gasteiger partial charge on any atom is 0.433 e. The first-order valence-corrected chi connectivity index (χ1v) is 4.28. The molecule has 1 fully saturated rings. The molecule has 14 heavy (non-hydrogen) atoms. The van der Waals surface area contributed by atoms with E-state index in [1.807, 2.05) is 0 Å². The van der Waals surface area contributed by atoms with Crippen molar-refractivity contribution < 1.29 is 13.2 Å². The monoisotopic (exact) mass is 202 g/mol. The zero-order chi connectivity index (χ0) is 10.3. The van der Waals surface area contributed by atoms with Crippen LogP contribution in [0.3, 0.4) is 0 Å². The number of alkyl halides is 3. The first-order valence-electron chi connectivity index (χ1n) is 4.28. The third-order valence-corrected chi connectivity index (χ3v) is 2.35. The SMILES string of the molecule is N[C@@H]1C[C@H]1c1cccnc1C(F)(F)F. The highest BCUT2D eigenvalue weighted by molar-refractivity contribution is 5.32. The Morgan fingerprint density at radius 2 is 2.07 bits per heavy atom. The van der Waals surface area contributed by atoms with Gasteiger partial charge in [0, 0.05) is 18.2 Å². The summed E-state index contributed by atoms with van der Waals surface area (Å²) in [4.78, 5) is 3.37. The van der Waals surface area contributed by atoms with Gasteiger partial charge in [0.25, 0.3) is 0 Å². The molecule has 0 bridgehead atoms. The summed E-state index contributed by atoms with van der Waals surface area (Å²) in [6, 6.07) is 2.82. The Bertz CT molecular complexity index is 348. The molecule has 1 aliphatic carbocycles. The van der Waals surface area contributed by atoms with Crippen LogP contribution in [0, 0.1) is 0 Å². The summed E-state index contributed by atoms with van der Waals surface area (Å²) in [5.74, 6) is -0.166. The highest BCUT2D eigenvalue weighted by Crippen LogP contribution is 2.43. The number of pyridine rings is 1. The van der Waals surface area contributed by atoms with Gasteiger partial charge in [-0.15, -0.1) is 0 Å². The molecule has 1 aromatic rings. The van der Waals surface area contributed by atoms with Crippen LogP contribution in [0.4, 0.5) is 13.2 Å². The molecule has 0 aliphatic heterocycles. The Hall–Kier alpha value is -1.10. The second kappa shape index (κ2) is 2.95. The third-order valence-electron chi connectivity index (χ3n) is 2.35. The zero-order valence-corrected chi connectivity index (χ0v) is 7.25. The minimum absolute atomic E-state index is 0.139. The molecule has 2 atom stereocenters. The number of nitrogens with two attached hydrogens (primary N) is 1. The average molecular weight is 202 g/mol. The lowest BCUT2D eigenvalue weighted by Crippen LogP contribution is -2.13. The van der Waals surface area contributed by atoms with E-state index in [4.69, 9.17) is 5.73 Å². The van der Waals surface area contributed by atoms with Gasteiger partial charge in [-0.3, -0.25) is 4.98 Å². The molecule has 1 aromatic heterocycles. The van der Waals surface area contributed by atoms with Gasteiger partial charge in [0.2, 0.25) is 0 Å². The number of hydrogen-bond acceptors (Lipinski definition) is 2. The van der Waals surface area contributed by atoms with Crippen molar-refractivity contribution in [1.82, 2.24) is 4.98 Å². The smallest absolute Gasteiger partial charge is 0.327 e. The van der Waals surface area contributed by atoms with Gasteiger partial charge < -0.3 is 5.73 Å². The Labute approximate surface area is 78.9 Å². The first-order chi connectivity index (χ1) is 6.50. The molecule has 0 spiro atoms. The predicted octanol–water partition coefficient (Wildman–Crippen LogP) is 1.91. The minimum Gasteiger partial charge on any atom is -0.327 e. The van der Waals surface area contributed by atoms with Crippen molar-refractivity contribution >= 4 is 0 Å². The van der Waals surface area contributed by atoms with Crippen LogP contribution in [-0.2, 0) is 6.18 Å². The molecule has 0 saturated heterocycles. The fraction of sp³-hybridized carbons (Fsp3) is 0.444. The number of rotatable bonds is 1. The largest absolute Gasteiger partial charge is 0.433 e. The van der Waals surface area contributed by atoms with E-state index in [-0.39, 0.29) is 17.5 Å². The Morgan fingerprint density at radius 1 is 1.43 bits per heavy atom. The van der Waals surface area contributed by atoms with Crippen molar-refractivity contribution in [2.75, 3.05) is 0 Å². The van der Waals surface area contributed by atoms with Crippen LogP contribution in [0.15, 0.2) is 18.3 Å². The summed E-state index contributed by atoms with van der Waals surface area (Å²) in [5, 5.41) is 0. The van der Waals surface area contributed by atoms with Crippen molar-refractivity contribution in [2.24, 2.45) is 5.73 Å². The van der Waals surface area contributed by atoms with Gasteiger partial charge in [0.1, 0.15) is 5.69 Å². The second-order valence-corrected chi connectivity index (χ2v) is 3.45. The third kappa shape index (κ3) is 1.59. The molecule has 1 aliphatic rings. The van der Waals surface area contributed by atoms with Crippen molar-refractivity contribution in [2.45, 2.75) is 24.6 Å². The Kier molecular flexibility index (Phi) is 1.99. The van der Waals surface area contributed by atoms with Gasteiger partial charge in [-0.2, -0.15) is 13.2 Å². The number of hydrogen-bond donors (Lipinski definition) is 1. The topological polar surface area (TPSA) is 38.9 Å². The summed E-state index contributed by atoms with van der Waals surface area (Å²) >= 11 is 0. The lowest BCUT2D eigenvalue weighted by atomic mass is 10.1. The highest BCUT2D eigenvalue weighted by atomic mass is 19.4. The number of nitrogens with zero attached hydrogens (tertiary/aromatic N) is 1. The average Bonchev–Trinajstić information content (AvgIpc) is 2.81. The van der Waals surface area contributed by atoms with E-state index in [0.717, 1.165) is 6.20 Å². The summed E-state index contributed by atoms with van der Waals surface area (Å²) in [5.41, 5.74) is 4.95. The predicted molar refractivity (Wildman–Crippen MR) is 44.6 cm³/mol. The van der Waals surface area contributed by atoms with Crippen molar-refractivity contribution in [3.05, 3.63) is 29.6 Å². The molecule has 2 nitrogen and oxygen atoms in total. The van der Waals surface area contributed by atoms with Crippen molar-refractivity contribution in [3.63, 3.8) is 0 Å². The molecule has 0 amide bonds. The van der Waals surface area contributed by atoms with Gasteiger partial charge in [-0.25, -0.2) is 0 Å². The zero-order valence-electron chi connectivity index (χ0n) is 7.25. The molecule has 0 aromatic carbocycles. The lowest BCUT2D eigenvalue weighted by Gasteiger charge is -2.10. The quantitative estimate of drug-likeness (QED) is 0.755. The van der Waals surface area contributed by atoms with Crippen LogP contribution in [-0.4, -0.2) is 11.0 Å². The fourth-order valence-corrected chi connectivity index (χ4v) is 1.53. The Morgan fingerprint density at radius 3 is 2.57 bits per heavy atom. The fourth-order valence-electron chi connectivity index (χ4n) is 1.53. The van der Waals surface area contributed by atoms with E-state index in [1.54, 1.807) is 0 Å². The summed E-state index contributed by atoms with van der Waals surface area (Å²) in [6.07, 6.45) is -2.60. The van der Waals surface area contributed by atoms with Crippen LogP contribution >= 0.6 is 0 Å². The van der Waals surface area contributed by atoms with Gasteiger partial charge >= 0.3 is 6.18 Å². The standard InChI is InChI=1S/C9H9F3N2/c10-9(11,12)8-5(2-1-3-14-8)6-4-7(6)13/h1-3,6-7H,4,13H2/t6-,7+/m0/s1. The van der Waals surface area contributed by atoms with Gasteiger partial charge in [0.05, 0.1) is 0 Å². The van der Waals surface area contributed by atoms with Crippen LogP contribution in [0.5, 0.6) is 0 Å². The van der Waals surface area contributed by atoms with E-state index < -0.39 is 11.9 Å².